The maximum Gasteiger partial charge on any atom is 0.213 e. The Hall–Kier alpha value is -1.31. The lowest BCUT2D eigenvalue weighted by Crippen LogP contribution is -2.36. The Bertz CT molecular complexity index is 501. The number of pyridine rings is 1. The summed E-state index contributed by atoms with van der Waals surface area (Å²) >= 11 is 0. The highest BCUT2D eigenvalue weighted by Gasteiger charge is 2.15. The maximum absolute atomic E-state index is 6.00. The molecule has 5 nitrogen and oxygen atoms in total. The van der Waals surface area contributed by atoms with Crippen LogP contribution >= 0.6 is 24.0 Å². The highest BCUT2D eigenvalue weighted by molar-refractivity contribution is 14.0. The third kappa shape index (κ3) is 7.20. The van der Waals surface area contributed by atoms with Crippen molar-refractivity contribution in [1.82, 2.24) is 15.6 Å². The molecule has 1 aliphatic carbocycles. The van der Waals surface area contributed by atoms with E-state index < -0.39 is 0 Å². The minimum atomic E-state index is 0. The number of hydrogen-bond acceptors (Lipinski definition) is 3. The number of nitrogens with zero attached hydrogens (tertiary/aromatic N) is 2. The Balaban J connectivity index is 0.00000264. The maximum atomic E-state index is 6.00. The molecule has 0 aromatic carbocycles. The van der Waals surface area contributed by atoms with E-state index in [-0.39, 0.29) is 24.0 Å². The van der Waals surface area contributed by atoms with Crippen molar-refractivity contribution in [1.29, 1.82) is 0 Å². The Morgan fingerprint density at radius 1 is 1.39 bits per heavy atom. The van der Waals surface area contributed by atoms with Crippen molar-refractivity contribution in [2.75, 3.05) is 13.6 Å². The van der Waals surface area contributed by atoms with Crippen molar-refractivity contribution < 1.29 is 4.74 Å². The van der Waals surface area contributed by atoms with Crippen LogP contribution in [0.25, 0.3) is 0 Å². The first-order valence-electron chi connectivity index (χ1n) is 7.99. The molecule has 1 aromatic rings. The first-order valence-corrected chi connectivity index (χ1v) is 7.99. The predicted octanol–water partition coefficient (Wildman–Crippen LogP) is 3.26. The van der Waals surface area contributed by atoms with Gasteiger partial charge in [-0.2, -0.15) is 0 Å². The Morgan fingerprint density at radius 3 is 2.87 bits per heavy atom. The van der Waals surface area contributed by atoms with E-state index in [1.54, 1.807) is 19.3 Å². The Labute approximate surface area is 156 Å². The lowest BCUT2D eigenvalue weighted by molar-refractivity contribution is 0.148. The summed E-state index contributed by atoms with van der Waals surface area (Å²) in [5, 5.41) is 6.40. The van der Waals surface area contributed by atoms with E-state index in [4.69, 9.17) is 4.74 Å². The van der Waals surface area contributed by atoms with E-state index in [1.807, 2.05) is 12.1 Å². The molecule has 1 heterocycles. The summed E-state index contributed by atoms with van der Waals surface area (Å²) in [5.74, 6) is 1.48. The van der Waals surface area contributed by atoms with E-state index in [9.17, 15) is 0 Å². The minimum Gasteiger partial charge on any atom is -0.474 e. The predicted molar refractivity (Wildman–Crippen MR) is 106 cm³/mol. The molecule has 0 saturated heterocycles. The topological polar surface area (TPSA) is 58.5 Å². The van der Waals surface area contributed by atoms with Crippen molar-refractivity contribution in [3.05, 3.63) is 36.5 Å². The normalized spacial score (nSPS) is 15.4. The fourth-order valence-electron chi connectivity index (χ4n) is 2.55. The molecular formula is C17H27IN4O. The number of ether oxygens (including phenoxy) is 1. The van der Waals surface area contributed by atoms with Gasteiger partial charge in [0, 0.05) is 32.4 Å². The summed E-state index contributed by atoms with van der Waals surface area (Å²) in [6.07, 6.45) is 10.1. The standard InChI is InChI=1S/C17H26N4O.HI/c1-3-10-20-17(18-2)21-13-14-9-11-19-16(12-14)22-15-7-5-4-6-8-15;/h3,9,11-12,15H,1,4-8,10,13H2,2H3,(H2,18,20,21);1H. The quantitative estimate of drug-likeness (QED) is 0.315. The van der Waals surface area contributed by atoms with Crippen LogP contribution in [0.2, 0.25) is 0 Å². The lowest BCUT2D eigenvalue weighted by Gasteiger charge is -2.22. The van der Waals surface area contributed by atoms with Gasteiger partial charge in [-0.25, -0.2) is 4.98 Å². The molecule has 2 rings (SSSR count). The van der Waals surface area contributed by atoms with E-state index in [2.05, 4.69) is 27.2 Å². The van der Waals surface area contributed by atoms with Gasteiger partial charge in [-0.05, 0) is 37.3 Å². The molecule has 1 aliphatic rings. The number of guanidine groups is 1. The molecular weight excluding hydrogens is 403 g/mol. The molecule has 2 N–H and O–H groups in total. The molecule has 1 saturated carbocycles. The number of aliphatic imine (C=N–C) groups is 1. The van der Waals surface area contributed by atoms with Crippen molar-refractivity contribution in [2.45, 2.75) is 44.8 Å². The molecule has 0 aliphatic heterocycles. The molecule has 128 valence electrons. The van der Waals surface area contributed by atoms with Crippen LogP contribution in [0, 0.1) is 0 Å². The van der Waals surface area contributed by atoms with E-state index in [0.29, 0.717) is 19.2 Å². The SMILES string of the molecule is C=CCNC(=NC)NCc1ccnc(OC2CCCCC2)c1.I. The summed E-state index contributed by atoms with van der Waals surface area (Å²) in [6.45, 7) is 5.05. The molecule has 1 fully saturated rings. The van der Waals surface area contributed by atoms with Gasteiger partial charge in [0.05, 0.1) is 0 Å². The average Bonchev–Trinajstić information content (AvgIpc) is 2.56. The molecule has 6 heteroatoms. The zero-order valence-corrected chi connectivity index (χ0v) is 16.1. The van der Waals surface area contributed by atoms with Crippen LogP contribution in [0.3, 0.4) is 0 Å². The van der Waals surface area contributed by atoms with Gasteiger partial charge in [-0.15, -0.1) is 30.6 Å². The van der Waals surface area contributed by atoms with Gasteiger partial charge in [-0.3, -0.25) is 4.99 Å². The summed E-state index contributed by atoms with van der Waals surface area (Å²) in [7, 11) is 1.75. The Morgan fingerprint density at radius 2 is 2.17 bits per heavy atom. The fraction of sp³-hybridized carbons (Fsp3) is 0.529. The van der Waals surface area contributed by atoms with Crippen LogP contribution in [0.5, 0.6) is 5.88 Å². The molecule has 0 radical (unpaired) electrons. The average molecular weight is 430 g/mol. The summed E-state index contributed by atoms with van der Waals surface area (Å²) < 4.78 is 6.00. The molecule has 0 amide bonds. The monoisotopic (exact) mass is 430 g/mol. The van der Waals surface area contributed by atoms with Crippen molar-refractivity contribution in [3.63, 3.8) is 0 Å². The van der Waals surface area contributed by atoms with Crippen molar-refractivity contribution >= 4 is 29.9 Å². The van der Waals surface area contributed by atoms with Crippen LogP contribution in [0.1, 0.15) is 37.7 Å². The van der Waals surface area contributed by atoms with Gasteiger partial charge < -0.3 is 15.4 Å². The van der Waals surface area contributed by atoms with Crippen LogP contribution in [-0.2, 0) is 6.54 Å². The van der Waals surface area contributed by atoms with Gasteiger partial charge in [0.15, 0.2) is 5.96 Å². The molecule has 1 aromatic heterocycles. The number of hydrogen-bond donors (Lipinski definition) is 2. The van der Waals surface area contributed by atoms with E-state index >= 15 is 0 Å². The third-order valence-electron chi connectivity index (χ3n) is 3.74. The van der Waals surface area contributed by atoms with Gasteiger partial charge in [0.25, 0.3) is 0 Å². The molecule has 23 heavy (non-hydrogen) atoms. The molecule has 0 atom stereocenters. The molecule has 0 bridgehead atoms. The zero-order chi connectivity index (χ0) is 15.6. The van der Waals surface area contributed by atoms with Crippen molar-refractivity contribution in [2.24, 2.45) is 4.99 Å². The number of halogens is 1. The highest BCUT2D eigenvalue weighted by Crippen LogP contribution is 2.22. The first-order chi connectivity index (χ1) is 10.8. The summed E-state index contributed by atoms with van der Waals surface area (Å²) in [5.41, 5.74) is 1.13. The summed E-state index contributed by atoms with van der Waals surface area (Å²) in [6, 6.07) is 3.99. The van der Waals surface area contributed by atoms with Gasteiger partial charge in [0.2, 0.25) is 5.88 Å². The van der Waals surface area contributed by atoms with Gasteiger partial charge in [0.1, 0.15) is 6.10 Å². The van der Waals surface area contributed by atoms with Crippen LogP contribution in [0.4, 0.5) is 0 Å². The smallest absolute Gasteiger partial charge is 0.213 e. The van der Waals surface area contributed by atoms with Crippen LogP contribution in [0.15, 0.2) is 36.0 Å². The number of rotatable bonds is 6. The van der Waals surface area contributed by atoms with Crippen molar-refractivity contribution in [3.8, 4) is 5.88 Å². The second kappa shape index (κ2) is 11.3. The van der Waals surface area contributed by atoms with Crippen LogP contribution < -0.4 is 15.4 Å². The van der Waals surface area contributed by atoms with Gasteiger partial charge >= 0.3 is 0 Å². The number of aromatic nitrogens is 1. The fourth-order valence-corrected chi connectivity index (χ4v) is 2.55. The second-order valence-electron chi connectivity index (χ2n) is 5.48. The zero-order valence-electron chi connectivity index (χ0n) is 13.8. The third-order valence-corrected chi connectivity index (χ3v) is 3.74. The lowest BCUT2D eigenvalue weighted by atomic mass is 9.98. The highest BCUT2D eigenvalue weighted by atomic mass is 127. The summed E-state index contributed by atoms with van der Waals surface area (Å²) in [4.78, 5) is 8.48. The largest absolute Gasteiger partial charge is 0.474 e. The van der Waals surface area contributed by atoms with Crippen LogP contribution in [-0.4, -0.2) is 30.6 Å². The number of nitrogens with one attached hydrogen (secondary N) is 2. The first kappa shape index (κ1) is 19.7. The van der Waals surface area contributed by atoms with Gasteiger partial charge in [-0.1, -0.05) is 12.5 Å². The Kier molecular flexibility index (Phi) is 9.66. The molecule has 0 unspecified atom stereocenters. The minimum absolute atomic E-state index is 0. The van der Waals surface area contributed by atoms with E-state index in [0.717, 1.165) is 30.2 Å². The molecule has 0 spiro atoms. The van der Waals surface area contributed by atoms with E-state index in [1.165, 1.54) is 19.3 Å². The second-order valence-corrected chi connectivity index (χ2v) is 5.48.